The van der Waals surface area contributed by atoms with Crippen molar-refractivity contribution in [3.63, 3.8) is 0 Å². The maximum absolute atomic E-state index is 13.7. The lowest BCUT2D eigenvalue weighted by Gasteiger charge is -2.67. The Labute approximate surface area is 278 Å². The van der Waals surface area contributed by atoms with E-state index in [0.29, 0.717) is 30.6 Å². The first-order chi connectivity index (χ1) is 23.1. The SMILES string of the molecule is CC12CO[C@@H](c3ccccc3)O[C@H]1CC[C@@]1(C)C2C[C@H](OC(=O)c2ccccc2)[C@@]2(C)Oc3cc(-c4cccnc4)oc(=O)c3[C@H](O)C12. The van der Waals surface area contributed by atoms with Gasteiger partial charge in [0.05, 0.1) is 24.4 Å². The van der Waals surface area contributed by atoms with E-state index in [9.17, 15) is 14.7 Å². The number of rotatable bonds is 4. The molecule has 2 aliphatic heterocycles. The van der Waals surface area contributed by atoms with Gasteiger partial charge >= 0.3 is 11.6 Å². The molecule has 0 bridgehead atoms. The van der Waals surface area contributed by atoms with Crippen LogP contribution in [0.3, 0.4) is 0 Å². The van der Waals surface area contributed by atoms with E-state index in [1.807, 2.05) is 43.3 Å². The largest absolute Gasteiger partial charge is 0.482 e. The van der Waals surface area contributed by atoms with Crippen LogP contribution in [-0.2, 0) is 14.2 Å². The van der Waals surface area contributed by atoms with Crippen LogP contribution in [0.15, 0.2) is 100 Å². The summed E-state index contributed by atoms with van der Waals surface area (Å²) in [6, 6.07) is 24.0. The number of fused-ring (bicyclic) bond motifs is 6. The quantitative estimate of drug-likeness (QED) is 0.242. The molecule has 9 atom stereocenters. The number of esters is 1. The second-order valence-corrected chi connectivity index (χ2v) is 14.4. The first kappa shape index (κ1) is 31.0. The zero-order valence-electron chi connectivity index (χ0n) is 27.2. The summed E-state index contributed by atoms with van der Waals surface area (Å²) in [6.07, 6.45) is 2.49. The second-order valence-electron chi connectivity index (χ2n) is 14.4. The van der Waals surface area contributed by atoms with E-state index in [1.165, 1.54) is 0 Å². The Morgan fingerprint density at radius 3 is 2.46 bits per heavy atom. The van der Waals surface area contributed by atoms with Gasteiger partial charge < -0.3 is 28.5 Å². The minimum Gasteiger partial charge on any atom is -0.482 e. The van der Waals surface area contributed by atoms with Gasteiger partial charge in [-0.15, -0.1) is 0 Å². The Bertz CT molecular complexity index is 1880. The van der Waals surface area contributed by atoms with Gasteiger partial charge in [-0.3, -0.25) is 4.98 Å². The van der Waals surface area contributed by atoms with Crippen molar-refractivity contribution in [2.45, 2.75) is 70.2 Å². The van der Waals surface area contributed by atoms with Gasteiger partial charge in [-0.05, 0) is 61.8 Å². The first-order valence-corrected chi connectivity index (χ1v) is 16.7. The molecule has 0 amide bonds. The predicted molar refractivity (Wildman–Crippen MR) is 175 cm³/mol. The average molecular weight is 650 g/mol. The number of aliphatic hydroxyl groups is 1. The number of pyridine rings is 1. The van der Waals surface area contributed by atoms with Crippen molar-refractivity contribution in [3.05, 3.63) is 118 Å². The van der Waals surface area contributed by atoms with Crippen molar-refractivity contribution < 1.29 is 33.3 Å². The molecule has 3 fully saturated rings. The minimum atomic E-state index is -1.24. The van der Waals surface area contributed by atoms with Crippen LogP contribution < -0.4 is 10.4 Å². The molecule has 4 heterocycles. The molecule has 248 valence electrons. The lowest BCUT2D eigenvalue weighted by atomic mass is 9.42. The van der Waals surface area contributed by atoms with Crippen molar-refractivity contribution in [1.29, 1.82) is 0 Å². The summed E-state index contributed by atoms with van der Waals surface area (Å²) in [5.41, 5.74) is -0.822. The van der Waals surface area contributed by atoms with E-state index in [1.54, 1.807) is 54.9 Å². The highest BCUT2D eigenvalue weighted by Gasteiger charge is 2.71. The maximum atomic E-state index is 13.7. The van der Waals surface area contributed by atoms with E-state index in [4.69, 9.17) is 23.4 Å². The number of benzene rings is 2. The molecule has 1 N–H and O–H groups in total. The van der Waals surface area contributed by atoms with E-state index < -0.39 is 52.4 Å². The third-order valence-corrected chi connectivity index (χ3v) is 11.7. The Morgan fingerprint density at radius 1 is 0.979 bits per heavy atom. The minimum absolute atomic E-state index is 0.0766. The van der Waals surface area contributed by atoms with Crippen molar-refractivity contribution in [3.8, 4) is 17.1 Å². The molecule has 4 aliphatic rings. The highest BCUT2D eigenvalue weighted by Crippen LogP contribution is 2.68. The highest BCUT2D eigenvalue weighted by molar-refractivity contribution is 5.89. The fraction of sp³-hybridized carbons (Fsp3) is 0.410. The van der Waals surface area contributed by atoms with Gasteiger partial charge in [0, 0.05) is 40.9 Å². The van der Waals surface area contributed by atoms with E-state index in [2.05, 4.69) is 18.8 Å². The predicted octanol–water partition coefficient (Wildman–Crippen LogP) is 6.67. The molecule has 9 nitrogen and oxygen atoms in total. The molecule has 48 heavy (non-hydrogen) atoms. The van der Waals surface area contributed by atoms with Gasteiger partial charge in [-0.25, -0.2) is 9.59 Å². The molecule has 0 spiro atoms. The van der Waals surface area contributed by atoms with Gasteiger partial charge in [-0.1, -0.05) is 62.4 Å². The van der Waals surface area contributed by atoms with E-state index in [-0.39, 0.29) is 29.1 Å². The number of nitrogens with zero attached hydrogens (tertiary/aromatic N) is 1. The molecule has 2 aromatic carbocycles. The monoisotopic (exact) mass is 649 g/mol. The summed E-state index contributed by atoms with van der Waals surface area (Å²) in [5.74, 6) is -0.727. The Hall–Kier alpha value is -4.31. The number of aliphatic hydroxyl groups excluding tert-OH is 1. The van der Waals surface area contributed by atoms with Crippen LogP contribution in [0.4, 0.5) is 0 Å². The topological polar surface area (TPSA) is 117 Å². The molecule has 1 saturated heterocycles. The van der Waals surface area contributed by atoms with Crippen LogP contribution in [0.1, 0.15) is 73.9 Å². The summed E-state index contributed by atoms with van der Waals surface area (Å²) < 4.78 is 32.1. The third-order valence-electron chi connectivity index (χ3n) is 11.7. The number of aromatic nitrogens is 1. The summed E-state index contributed by atoms with van der Waals surface area (Å²) in [5, 5.41) is 12.4. The maximum Gasteiger partial charge on any atom is 0.345 e. The smallest absolute Gasteiger partial charge is 0.345 e. The second kappa shape index (κ2) is 11.4. The molecule has 9 heteroatoms. The number of ether oxygens (including phenoxy) is 4. The van der Waals surface area contributed by atoms with Crippen LogP contribution in [-0.4, -0.2) is 40.5 Å². The van der Waals surface area contributed by atoms with Crippen molar-refractivity contribution >= 4 is 5.97 Å². The normalized spacial score (nSPS) is 35.2. The van der Waals surface area contributed by atoms with Gasteiger partial charge in [0.25, 0.3) is 0 Å². The highest BCUT2D eigenvalue weighted by atomic mass is 16.7. The first-order valence-electron chi connectivity index (χ1n) is 16.7. The van der Waals surface area contributed by atoms with Gasteiger partial charge in [0.1, 0.15) is 28.8 Å². The zero-order valence-corrected chi connectivity index (χ0v) is 27.2. The summed E-state index contributed by atoms with van der Waals surface area (Å²) in [4.78, 5) is 31.5. The summed E-state index contributed by atoms with van der Waals surface area (Å²) >= 11 is 0. The Kier molecular flexibility index (Phi) is 7.36. The standard InChI is InChI=1S/C39H39NO8/c1-37-17-16-29-38(2,22-44-36(47-29)24-13-8-5-9-14-24)28(37)20-30(46-34(42)23-11-6-4-7-12-23)39(3)33(37)32(41)31-27(48-39)19-26(45-35(31)43)25-15-10-18-40-21-25/h4-15,18-19,21,28-30,32-33,36,41H,16-17,20,22H2,1-3H3/t28?,29-,30-,32-,33?,36+,37-,38?,39+/m0/s1. The molecular formula is C39H39NO8. The van der Waals surface area contributed by atoms with Gasteiger partial charge in [0.15, 0.2) is 6.29 Å². The van der Waals surface area contributed by atoms with Crippen molar-refractivity contribution in [2.75, 3.05) is 6.61 Å². The van der Waals surface area contributed by atoms with Crippen molar-refractivity contribution in [1.82, 2.24) is 4.98 Å². The zero-order chi connectivity index (χ0) is 33.3. The van der Waals surface area contributed by atoms with Crippen LogP contribution in [0.25, 0.3) is 11.3 Å². The van der Waals surface area contributed by atoms with E-state index in [0.717, 1.165) is 12.0 Å². The number of carbonyl (C=O) groups is 1. The molecule has 2 aliphatic carbocycles. The molecule has 4 aromatic rings. The Morgan fingerprint density at radius 2 is 1.73 bits per heavy atom. The lowest BCUT2D eigenvalue weighted by molar-refractivity contribution is -0.330. The van der Waals surface area contributed by atoms with Gasteiger partial charge in [-0.2, -0.15) is 0 Å². The molecule has 3 unspecified atom stereocenters. The van der Waals surface area contributed by atoms with Crippen LogP contribution in [0, 0.1) is 22.7 Å². The number of carbonyl (C=O) groups excluding carboxylic acids is 1. The molecular weight excluding hydrogens is 610 g/mol. The molecule has 2 saturated carbocycles. The molecule has 2 aromatic heterocycles. The summed E-state index contributed by atoms with van der Waals surface area (Å²) in [7, 11) is 0. The third kappa shape index (κ3) is 4.74. The Balaban J connectivity index is 1.21. The fourth-order valence-corrected chi connectivity index (χ4v) is 9.41. The summed E-state index contributed by atoms with van der Waals surface area (Å²) in [6.45, 7) is 6.67. The van der Waals surface area contributed by atoms with Crippen LogP contribution >= 0.6 is 0 Å². The van der Waals surface area contributed by atoms with E-state index >= 15 is 0 Å². The lowest BCUT2D eigenvalue weighted by Crippen LogP contribution is -2.71. The average Bonchev–Trinajstić information content (AvgIpc) is 3.09. The fourth-order valence-electron chi connectivity index (χ4n) is 9.41. The molecule has 8 rings (SSSR count). The molecule has 0 radical (unpaired) electrons. The number of hydrogen-bond donors (Lipinski definition) is 1. The number of hydrogen-bond acceptors (Lipinski definition) is 9. The van der Waals surface area contributed by atoms with Crippen LogP contribution in [0.5, 0.6) is 5.75 Å². The van der Waals surface area contributed by atoms with Crippen LogP contribution in [0.2, 0.25) is 0 Å². The van der Waals surface area contributed by atoms with Gasteiger partial charge in [0.2, 0.25) is 0 Å². The van der Waals surface area contributed by atoms with Crippen molar-refractivity contribution in [2.24, 2.45) is 22.7 Å².